The van der Waals surface area contributed by atoms with Crippen molar-refractivity contribution in [1.29, 1.82) is 0 Å². The molecule has 0 aliphatic carbocycles. The highest BCUT2D eigenvalue weighted by molar-refractivity contribution is 5.81. The van der Waals surface area contributed by atoms with E-state index in [1.165, 1.54) is 0 Å². The molecule has 17 heavy (non-hydrogen) atoms. The molecular formula is C12H25N3O2. The van der Waals surface area contributed by atoms with Gasteiger partial charge in [-0.3, -0.25) is 9.59 Å². The molecule has 0 aromatic heterocycles. The molecule has 100 valence electrons. The summed E-state index contributed by atoms with van der Waals surface area (Å²) in [6.07, 6.45) is 2.01. The second-order valence-corrected chi connectivity index (χ2v) is 4.72. The first-order valence-electron chi connectivity index (χ1n) is 6.23. The summed E-state index contributed by atoms with van der Waals surface area (Å²) in [7, 11) is 0. The fourth-order valence-electron chi connectivity index (χ4n) is 1.31. The topological polar surface area (TPSA) is 84.2 Å². The van der Waals surface area contributed by atoms with Crippen molar-refractivity contribution in [2.75, 3.05) is 13.1 Å². The van der Waals surface area contributed by atoms with Gasteiger partial charge in [-0.25, -0.2) is 0 Å². The molecule has 0 fully saturated rings. The van der Waals surface area contributed by atoms with E-state index >= 15 is 0 Å². The number of carbonyl (C=O) groups excluding carboxylic acids is 2. The lowest BCUT2D eigenvalue weighted by atomic mass is 10.1. The molecule has 2 amide bonds. The van der Waals surface area contributed by atoms with Crippen LogP contribution in [0.5, 0.6) is 0 Å². The molecule has 0 saturated heterocycles. The first-order chi connectivity index (χ1) is 7.93. The van der Waals surface area contributed by atoms with Gasteiger partial charge in [0.05, 0.1) is 6.04 Å². The van der Waals surface area contributed by atoms with Crippen molar-refractivity contribution in [3.05, 3.63) is 0 Å². The Balaban J connectivity index is 3.57. The van der Waals surface area contributed by atoms with E-state index in [1.807, 2.05) is 6.92 Å². The molecule has 1 unspecified atom stereocenters. The Morgan fingerprint density at radius 1 is 1.18 bits per heavy atom. The van der Waals surface area contributed by atoms with Crippen LogP contribution in [0.1, 0.15) is 40.0 Å². The van der Waals surface area contributed by atoms with Crippen LogP contribution >= 0.6 is 0 Å². The molecule has 5 nitrogen and oxygen atoms in total. The van der Waals surface area contributed by atoms with Gasteiger partial charge in [-0.1, -0.05) is 13.8 Å². The zero-order valence-electron chi connectivity index (χ0n) is 11.1. The average Bonchev–Trinajstić information content (AvgIpc) is 2.23. The highest BCUT2D eigenvalue weighted by Crippen LogP contribution is 1.96. The lowest BCUT2D eigenvalue weighted by molar-refractivity contribution is -0.122. The molecule has 0 radical (unpaired) electrons. The van der Waals surface area contributed by atoms with Crippen molar-refractivity contribution < 1.29 is 9.59 Å². The van der Waals surface area contributed by atoms with E-state index < -0.39 is 0 Å². The predicted octanol–water partition coefficient (Wildman–Crippen LogP) is 0.392. The van der Waals surface area contributed by atoms with E-state index in [4.69, 9.17) is 5.73 Å². The number of nitrogens with two attached hydrogens (primary N) is 1. The van der Waals surface area contributed by atoms with Crippen molar-refractivity contribution in [1.82, 2.24) is 10.6 Å². The Morgan fingerprint density at radius 2 is 1.82 bits per heavy atom. The van der Waals surface area contributed by atoms with E-state index in [-0.39, 0.29) is 17.9 Å². The van der Waals surface area contributed by atoms with Crippen molar-refractivity contribution in [3.63, 3.8) is 0 Å². The Bertz CT molecular complexity index is 242. The monoisotopic (exact) mass is 243 g/mol. The summed E-state index contributed by atoms with van der Waals surface area (Å²) < 4.78 is 0. The lowest BCUT2D eigenvalue weighted by Gasteiger charge is -2.14. The van der Waals surface area contributed by atoms with Gasteiger partial charge in [0.1, 0.15) is 0 Å². The summed E-state index contributed by atoms with van der Waals surface area (Å²) in [5.41, 5.74) is 5.02. The number of amides is 2. The van der Waals surface area contributed by atoms with Gasteiger partial charge in [-0.05, 0) is 32.2 Å². The second-order valence-electron chi connectivity index (χ2n) is 4.72. The summed E-state index contributed by atoms with van der Waals surface area (Å²) in [5.74, 6) is 0.291. The summed E-state index contributed by atoms with van der Waals surface area (Å²) in [5, 5.41) is 5.93. The minimum Gasteiger partial charge on any atom is -0.370 e. The van der Waals surface area contributed by atoms with Gasteiger partial charge in [-0.15, -0.1) is 0 Å². The van der Waals surface area contributed by atoms with E-state index in [0.29, 0.717) is 31.8 Å². The molecule has 0 bridgehead atoms. The molecule has 0 rings (SSSR count). The SMILES string of the molecule is CC(C)CCNC(=O)C(C)NCCCC(N)=O. The fourth-order valence-corrected chi connectivity index (χ4v) is 1.31. The standard InChI is InChI=1S/C12H25N3O2/c1-9(2)6-8-15-12(17)10(3)14-7-4-5-11(13)16/h9-10,14H,4-8H2,1-3H3,(H2,13,16)(H,15,17). The van der Waals surface area contributed by atoms with Gasteiger partial charge in [0.15, 0.2) is 0 Å². The third-order valence-corrected chi connectivity index (χ3v) is 2.46. The van der Waals surface area contributed by atoms with Gasteiger partial charge in [-0.2, -0.15) is 0 Å². The van der Waals surface area contributed by atoms with Crippen LogP contribution in [0.25, 0.3) is 0 Å². The van der Waals surface area contributed by atoms with Crippen molar-refractivity contribution in [2.24, 2.45) is 11.7 Å². The molecule has 0 aliphatic rings. The number of rotatable bonds is 9. The zero-order valence-corrected chi connectivity index (χ0v) is 11.1. The highest BCUT2D eigenvalue weighted by atomic mass is 16.2. The summed E-state index contributed by atoms with van der Waals surface area (Å²) in [4.78, 5) is 22.1. The van der Waals surface area contributed by atoms with Crippen LogP contribution in [-0.4, -0.2) is 30.9 Å². The molecule has 0 heterocycles. The molecule has 0 spiro atoms. The van der Waals surface area contributed by atoms with Crippen LogP contribution < -0.4 is 16.4 Å². The minimum absolute atomic E-state index is 0.00438. The van der Waals surface area contributed by atoms with Crippen LogP contribution in [0.2, 0.25) is 0 Å². The molecule has 0 aromatic carbocycles. The maximum atomic E-state index is 11.6. The van der Waals surface area contributed by atoms with E-state index in [2.05, 4.69) is 24.5 Å². The maximum Gasteiger partial charge on any atom is 0.236 e. The molecule has 0 saturated carbocycles. The minimum atomic E-state index is -0.305. The Kier molecular flexibility index (Phi) is 8.40. The number of carbonyl (C=O) groups is 2. The van der Waals surface area contributed by atoms with E-state index in [0.717, 1.165) is 6.42 Å². The van der Waals surface area contributed by atoms with Crippen LogP contribution in [0, 0.1) is 5.92 Å². The van der Waals surface area contributed by atoms with Crippen LogP contribution in [0.15, 0.2) is 0 Å². The number of nitrogens with one attached hydrogen (secondary N) is 2. The molecule has 5 heteroatoms. The highest BCUT2D eigenvalue weighted by Gasteiger charge is 2.11. The largest absolute Gasteiger partial charge is 0.370 e. The average molecular weight is 243 g/mol. The number of hydrogen-bond donors (Lipinski definition) is 3. The normalized spacial score (nSPS) is 12.5. The van der Waals surface area contributed by atoms with Crippen molar-refractivity contribution in [2.45, 2.75) is 46.1 Å². The Morgan fingerprint density at radius 3 is 2.35 bits per heavy atom. The van der Waals surface area contributed by atoms with Crippen LogP contribution in [0.4, 0.5) is 0 Å². The third-order valence-electron chi connectivity index (χ3n) is 2.46. The first-order valence-corrected chi connectivity index (χ1v) is 6.23. The zero-order chi connectivity index (χ0) is 13.3. The summed E-state index contributed by atoms with van der Waals surface area (Å²) in [6.45, 7) is 7.40. The predicted molar refractivity (Wildman–Crippen MR) is 68.4 cm³/mol. The van der Waals surface area contributed by atoms with Gasteiger partial charge < -0.3 is 16.4 Å². The lowest BCUT2D eigenvalue weighted by Crippen LogP contribution is -2.43. The van der Waals surface area contributed by atoms with Crippen LogP contribution in [0.3, 0.4) is 0 Å². The number of primary amides is 1. The second kappa shape index (κ2) is 8.98. The first kappa shape index (κ1) is 15.9. The molecule has 1 atom stereocenters. The van der Waals surface area contributed by atoms with Gasteiger partial charge in [0, 0.05) is 13.0 Å². The van der Waals surface area contributed by atoms with Crippen LogP contribution in [-0.2, 0) is 9.59 Å². The van der Waals surface area contributed by atoms with Crippen molar-refractivity contribution in [3.8, 4) is 0 Å². The summed E-state index contributed by atoms with van der Waals surface area (Å²) in [6, 6.07) is -0.227. The van der Waals surface area contributed by atoms with Gasteiger partial charge in [0.2, 0.25) is 11.8 Å². The van der Waals surface area contributed by atoms with E-state index in [1.54, 1.807) is 0 Å². The molecule has 0 aliphatic heterocycles. The maximum absolute atomic E-state index is 11.6. The number of hydrogen-bond acceptors (Lipinski definition) is 3. The quantitative estimate of drug-likeness (QED) is 0.512. The van der Waals surface area contributed by atoms with Crippen molar-refractivity contribution >= 4 is 11.8 Å². The summed E-state index contributed by atoms with van der Waals surface area (Å²) >= 11 is 0. The van der Waals surface area contributed by atoms with Gasteiger partial charge >= 0.3 is 0 Å². The smallest absolute Gasteiger partial charge is 0.236 e. The van der Waals surface area contributed by atoms with E-state index in [9.17, 15) is 9.59 Å². The Labute approximate surface area is 104 Å². The Hall–Kier alpha value is -1.10. The molecule has 0 aromatic rings. The fraction of sp³-hybridized carbons (Fsp3) is 0.833. The molecule has 4 N–H and O–H groups in total. The molecular weight excluding hydrogens is 218 g/mol. The van der Waals surface area contributed by atoms with Gasteiger partial charge in [0.25, 0.3) is 0 Å². The third kappa shape index (κ3) is 9.81.